The van der Waals surface area contributed by atoms with E-state index in [1.54, 1.807) is 0 Å². The Labute approximate surface area is 110 Å². The predicted molar refractivity (Wildman–Crippen MR) is 70.8 cm³/mol. The van der Waals surface area contributed by atoms with Crippen LogP contribution in [-0.2, 0) is 10.0 Å². The molecule has 18 heavy (non-hydrogen) atoms. The van der Waals surface area contributed by atoms with Gasteiger partial charge in [0.1, 0.15) is 0 Å². The summed E-state index contributed by atoms with van der Waals surface area (Å²) in [6, 6.07) is 7.67. The Morgan fingerprint density at radius 3 is 2.50 bits per heavy atom. The standard InChI is InChI=1S/C11H13N3O2S2/c1-7(2)8-5-3-4-6-9(8)10-13-11(17-14-10)18(12,15)16/h3-7H,1-2H3,(H2,12,15,16). The van der Waals surface area contributed by atoms with Crippen LogP contribution in [0.5, 0.6) is 0 Å². The van der Waals surface area contributed by atoms with E-state index in [-0.39, 0.29) is 4.34 Å². The van der Waals surface area contributed by atoms with Crippen LogP contribution < -0.4 is 5.14 Å². The molecule has 0 aliphatic rings. The summed E-state index contributed by atoms with van der Waals surface area (Å²) in [7, 11) is -3.78. The predicted octanol–water partition coefficient (Wildman–Crippen LogP) is 1.98. The van der Waals surface area contributed by atoms with Gasteiger partial charge in [0, 0.05) is 5.56 Å². The van der Waals surface area contributed by atoms with Crippen LogP contribution in [0.3, 0.4) is 0 Å². The maximum absolute atomic E-state index is 11.2. The lowest BCUT2D eigenvalue weighted by Crippen LogP contribution is -2.11. The molecule has 0 saturated carbocycles. The summed E-state index contributed by atoms with van der Waals surface area (Å²) in [4.78, 5) is 3.99. The lowest BCUT2D eigenvalue weighted by atomic mass is 9.97. The van der Waals surface area contributed by atoms with Crippen molar-refractivity contribution in [1.82, 2.24) is 9.36 Å². The maximum Gasteiger partial charge on any atom is 0.266 e. The molecule has 0 fully saturated rings. The molecule has 2 rings (SSSR count). The zero-order valence-electron chi connectivity index (χ0n) is 9.99. The molecule has 0 unspecified atom stereocenters. The SMILES string of the molecule is CC(C)c1ccccc1-c1nsc(S(N)(=O)=O)n1. The number of rotatable bonds is 3. The molecule has 1 aromatic carbocycles. The van der Waals surface area contributed by atoms with Gasteiger partial charge in [0.05, 0.1) is 0 Å². The zero-order chi connectivity index (χ0) is 13.3. The highest BCUT2D eigenvalue weighted by atomic mass is 32.2. The van der Waals surface area contributed by atoms with E-state index in [4.69, 9.17) is 5.14 Å². The summed E-state index contributed by atoms with van der Waals surface area (Å²) >= 11 is 0.798. The third-order valence-corrected chi connectivity index (χ3v) is 4.48. The van der Waals surface area contributed by atoms with E-state index in [1.807, 2.05) is 24.3 Å². The monoisotopic (exact) mass is 283 g/mol. The molecule has 0 saturated heterocycles. The molecule has 0 aliphatic heterocycles. The van der Waals surface area contributed by atoms with Gasteiger partial charge in [-0.2, -0.15) is 4.37 Å². The van der Waals surface area contributed by atoms with Crippen LogP contribution in [0, 0.1) is 0 Å². The van der Waals surface area contributed by atoms with E-state index in [1.165, 1.54) is 0 Å². The van der Waals surface area contributed by atoms with E-state index in [9.17, 15) is 8.42 Å². The van der Waals surface area contributed by atoms with Crippen LogP contribution in [0.4, 0.5) is 0 Å². The molecule has 0 amide bonds. The largest absolute Gasteiger partial charge is 0.266 e. The summed E-state index contributed by atoms with van der Waals surface area (Å²) in [5.74, 6) is 0.718. The Morgan fingerprint density at radius 1 is 1.28 bits per heavy atom. The third kappa shape index (κ3) is 2.58. The summed E-state index contributed by atoms with van der Waals surface area (Å²) < 4.78 is 26.3. The number of nitrogens with two attached hydrogens (primary N) is 1. The molecule has 7 heteroatoms. The van der Waals surface area contributed by atoms with Gasteiger partial charge >= 0.3 is 0 Å². The van der Waals surface area contributed by atoms with Gasteiger partial charge in [-0.1, -0.05) is 38.1 Å². The first-order chi connectivity index (χ1) is 8.39. The van der Waals surface area contributed by atoms with Crippen molar-refractivity contribution in [3.8, 4) is 11.4 Å². The van der Waals surface area contributed by atoms with E-state index in [0.29, 0.717) is 11.7 Å². The van der Waals surface area contributed by atoms with Gasteiger partial charge in [0.2, 0.25) is 4.34 Å². The normalized spacial score (nSPS) is 12.0. The first-order valence-corrected chi connectivity index (χ1v) is 7.67. The summed E-state index contributed by atoms with van der Waals surface area (Å²) in [6.45, 7) is 4.12. The highest BCUT2D eigenvalue weighted by Crippen LogP contribution is 2.28. The average molecular weight is 283 g/mol. The minimum atomic E-state index is -3.78. The molecular weight excluding hydrogens is 270 g/mol. The number of hydrogen-bond donors (Lipinski definition) is 1. The fraction of sp³-hybridized carbons (Fsp3) is 0.273. The Balaban J connectivity index is 2.53. The molecule has 0 bridgehead atoms. The number of benzene rings is 1. The summed E-state index contributed by atoms with van der Waals surface area (Å²) in [6.07, 6.45) is 0. The van der Waals surface area contributed by atoms with Gasteiger partial charge in [-0.3, -0.25) is 0 Å². The second-order valence-corrected chi connectivity index (χ2v) is 6.66. The maximum atomic E-state index is 11.2. The number of primary sulfonamides is 1. The summed E-state index contributed by atoms with van der Waals surface area (Å²) in [5, 5.41) is 5.03. The summed E-state index contributed by atoms with van der Waals surface area (Å²) in [5.41, 5.74) is 1.93. The number of aromatic nitrogens is 2. The van der Waals surface area contributed by atoms with Gasteiger partial charge in [-0.25, -0.2) is 18.5 Å². The van der Waals surface area contributed by atoms with Gasteiger partial charge in [0.25, 0.3) is 10.0 Å². The van der Waals surface area contributed by atoms with Gasteiger partial charge in [0.15, 0.2) is 5.82 Å². The van der Waals surface area contributed by atoms with Crippen LogP contribution in [0.1, 0.15) is 25.3 Å². The van der Waals surface area contributed by atoms with Crippen molar-refractivity contribution >= 4 is 21.6 Å². The molecule has 0 spiro atoms. The van der Waals surface area contributed by atoms with Gasteiger partial charge in [-0.05, 0) is 23.0 Å². The number of nitrogens with zero attached hydrogens (tertiary/aromatic N) is 2. The Bertz CT molecular complexity index is 662. The minimum absolute atomic E-state index is 0.156. The molecule has 2 aromatic rings. The van der Waals surface area contributed by atoms with Crippen molar-refractivity contribution < 1.29 is 8.42 Å². The van der Waals surface area contributed by atoms with Gasteiger partial charge in [-0.15, -0.1) is 0 Å². The quantitative estimate of drug-likeness (QED) is 0.933. The van der Waals surface area contributed by atoms with Crippen molar-refractivity contribution in [2.24, 2.45) is 5.14 Å². The number of sulfonamides is 1. The molecule has 2 N–H and O–H groups in total. The Morgan fingerprint density at radius 2 is 1.94 bits per heavy atom. The average Bonchev–Trinajstić information content (AvgIpc) is 2.77. The lowest BCUT2D eigenvalue weighted by Gasteiger charge is -2.09. The smallest absolute Gasteiger partial charge is 0.223 e. The van der Waals surface area contributed by atoms with Crippen LogP contribution >= 0.6 is 11.5 Å². The second-order valence-electron chi connectivity index (χ2n) is 4.17. The zero-order valence-corrected chi connectivity index (χ0v) is 11.6. The molecule has 0 radical (unpaired) electrons. The van der Waals surface area contributed by atoms with Crippen molar-refractivity contribution in [2.45, 2.75) is 24.1 Å². The van der Waals surface area contributed by atoms with Crippen molar-refractivity contribution in [3.05, 3.63) is 29.8 Å². The second kappa shape index (κ2) is 4.75. The van der Waals surface area contributed by atoms with Crippen molar-refractivity contribution in [3.63, 3.8) is 0 Å². The van der Waals surface area contributed by atoms with E-state index in [2.05, 4.69) is 23.2 Å². The highest BCUT2D eigenvalue weighted by molar-refractivity contribution is 7.91. The van der Waals surface area contributed by atoms with Crippen molar-refractivity contribution in [2.75, 3.05) is 0 Å². The molecule has 0 aliphatic carbocycles. The Hall–Kier alpha value is -1.31. The van der Waals surface area contributed by atoms with Gasteiger partial charge < -0.3 is 0 Å². The van der Waals surface area contributed by atoms with E-state index < -0.39 is 10.0 Å². The first-order valence-electron chi connectivity index (χ1n) is 5.35. The molecule has 1 aromatic heterocycles. The fourth-order valence-electron chi connectivity index (χ4n) is 1.64. The third-order valence-electron chi connectivity index (χ3n) is 2.47. The molecule has 5 nitrogen and oxygen atoms in total. The minimum Gasteiger partial charge on any atom is -0.223 e. The van der Waals surface area contributed by atoms with Crippen LogP contribution in [-0.4, -0.2) is 17.8 Å². The topological polar surface area (TPSA) is 85.9 Å². The van der Waals surface area contributed by atoms with Crippen LogP contribution in [0.15, 0.2) is 28.6 Å². The molecule has 1 heterocycles. The molecule has 0 atom stereocenters. The van der Waals surface area contributed by atoms with E-state index in [0.717, 1.165) is 22.7 Å². The Kier molecular flexibility index (Phi) is 3.47. The number of hydrogen-bond acceptors (Lipinski definition) is 5. The van der Waals surface area contributed by atoms with E-state index >= 15 is 0 Å². The lowest BCUT2D eigenvalue weighted by molar-refractivity contribution is 0.597. The molecule has 96 valence electrons. The van der Waals surface area contributed by atoms with Crippen LogP contribution in [0.25, 0.3) is 11.4 Å². The molecular formula is C11H13N3O2S2. The fourth-order valence-corrected chi connectivity index (χ4v) is 2.81. The van der Waals surface area contributed by atoms with Crippen LogP contribution in [0.2, 0.25) is 0 Å². The first kappa shape index (κ1) is 13.1. The van der Waals surface area contributed by atoms with Crippen molar-refractivity contribution in [1.29, 1.82) is 0 Å². The highest BCUT2D eigenvalue weighted by Gasteiger charge is 2.18.